The molecule has 0 bridgehead atoms. The van der Waals surface area contributed by atoms with Crippen molar-refractivity contribution in [3.63, 3.8) is 0 Å². The Bertz CT molecular complexity index is 935. The van der Waals surface area contributed by atoms with E-state index < -0.39 is 10.8 Å². The third kappa shape index (κ3) is 5.40. The van der Waals surface area contributed by atoms with Gasteiger partial charge in [0.1, 0.15) is 5.75 Å². The van der Waals surface area contributed by atoms with Gasteiger partial charge in [-0.25, -0.2) is 5.43 Å². The van der Waals surface area contributed by atoms with Crippen molar-refractivity contribution in [2.45, 2.75) is 0 Å². The van der Waals surface area contributed by atoms with Crippen molar-refractivity contribution >= 4 is 65.6 Å². The van der Waals surface area contributed by atoms with E-state index >= 15 is 0 Å². The van der Waals surface area contributed by atoms with Crippen molar-refractivity contribution < 1.29 is 24.7 Å². The van der Waals surface area contributed by atoms with Crippen LogP contribution in [0.25, 0.3) is 0 Å². The minimum Gasteiger partial charge on any atom is -0.503 e. The summed E-state index contributed by atoms with van der Waals surface area (Å²) in [6.07, 6.45) is 1.26. The molecule has 2 aromatic carbocycles. The maximum absolute atomic E-state index is 11.8. The van der Waals surface area contributed by atoms with Gasteiger partial charge in [-0.3, -0.25) is 14.9 Å². The lowest BCUT2D eigenvalue weighted by Crippen LogP contribution is -2.24. The fourth-order valence-corrected chi connectivity index (χ4v) is 3.11. The Morgan fingerprint density at radius 2 is 1.93 bits per heavy atom. The Kier molecular flexibility index (Phi) is 7.16. The SMILES string of the molecule is O=C(COc1ccc([N+](=O)[O-])cc1Br)NN=Cc1cc(Br)c(O)c(O)c1Br. The molecule has 0 saturated carbocycles. The molecule has 2 aromatic rings. The van der Waals surface area contributed by atoms with Gasteiger partial charge >= 0.3 is 0 Å². The van der Waals surface area contributed by atoms with Gasteiger partial charge in [-0.2, -0.15) is 5.10 Å². The number of phenolic OH excluding ortho intramolecular Hbond substituents is 2. The highest BCUT2D eigenvalue weighted by Gasteiger charge is 2.13. The van der Waals surface area contributed by atoms with Gasteiger partial charge in [0.15, 0.2) is 18.1 Å². The first-order valence-electron chi connectivity index (χ1n) is 6.99. The highest BCUT2D eigenvalue weighted by molar-refractivity contribution is 9.11. The van der Waals surface area contributed by atoms with Crippen LogP contribution in [-0.2, 0) is 4.79 Å². The second-order valence-corrected chi connectivity index (χ2v) is 7.41. The van der Waals surface area contributed by atoms with Crippen LogP contribution in [0.1, 0.15) is 5.56 Å². The molecule has 0 aliphatic heterocycles. The van der Waals surface area contributed by atoms with Crippen LogP contribution in [0, 0.1) is 10.1 Å². The topological polar surface area (TPSA) is 134 Å². The minimum atomic E-state index is -0.574. The van der Waals surface area contributed by atoms with Gasteiger partial charge in [0.05, 0.1) is 24.6 Å². The molecule has 0 aliphatic rings. The van der Waals surface area contributed by atoms with Gasteiger partial charge in [0.2, 0.25) is 0 Å². The van der Waals surface area contributed by atoms with E-state index in [9.17, 15) is 25.1 Å². The van der Waals surface area contributed by atoms with Crippen LogP contribution in [0.2, 0.25) is 0 Å². The van der Waals surface area contributed by atoms with E-state index in [1.54, 1.807) is 0 Å². The van der Waals surface area contributed by atoms with E-state index in [0.29, 0.717) is 10.0 Å². The Balaban J connectivity index is 1.95. The molecule has 0 fully saturated rings. The van der Waals surface area contributed by atoms with Crippen LogP contribution in [0.5, 0.6) is 17.2 Å². The van der Waals surface area contributed by atoms with Crippen LogP contribution in [-0.4, -0.2) is 33.9 Å². The number of rotatable bonds is 6. The number of amides is 1. The molecule has 0 aromatic heterocycles. The first-order chi connectivity index (χ1) is 12.7. The number of phenols is 2. The van der Waals surface area contributed by atoms with Gasteiger partial charge in [0, 0.05) is 17.7 Å². The van der Waals surface area contributed by atoms with E-state index in [2.05, 4.69) is 58.3 Å². The number of nitrogens with zero attached hydrogens (tertiary/aromatic N) is 2. The number of benzene rings is 2. The van der Waals surface area contributed by atoms with Gasteiger partial charge < -0.3 is 14.9 Å². The van der Waals surface area contributed by atoms with Crippen LogP contribution in [0.3, 0.4) is 0 Å². The summed E-state index contributed by atoms with van der Waals surface area (Å²) in [5, 5.41) is 33.7. The number of hydrogen-bond donors (Lipinski definition) is 3. The predicted molar refractivity (Wildman–Crippen MR) is 107 cm³/mol. The zero-order chi connectivity index (χ0) is 20.1. The highest BCUT2D eigenvalue weighted by atomic mass is 79.9. The van der Waals surface area contributed by atoms with Gasteiger partial charge in [0.25, 0.3) is 11.6 Å². The molecule has 0 atom stereocenters. The van der Waals surface area contributed by atoms with Crippen molar-refractivity contribution in [3.05, 3.63) is 53.4 Å². The maximum atomic E-state index is 11.8. The van der Waals surface area contributed by atoms with Gasteiger partial charge in [-0.1, -0.05) is 0 Å². The lowest BCUT2D eigenvalue weighted by Gasteiger charge is -2.07. The number of ether oxygens (including phenoxy) is 1. The molecule has 142 valence electrons. The maximum Gasteiger partial charge on any atom is 0.277 e. The zero-order valence-corrected chi connectivity index (χ0v) is 17.9. The molecule has 12 heteroatoms. The summed E-state index contributed by atoms with van der Waals surface area (Å²) >= 11 is 9.31. The van der Waals surface area contributed by atoms with E-state index in [1.807, 2.05) is 0 Å². The number of halogens is 3. The van der Waals surface area contributed by atoms with E-state index in [-0.39, 0.29) is 38.5 Å². The number of nitro groups is 1. The summed E-state index contributed by atoms with van der Waals surface area (Å²) < 4.78 is 6.06. The molecule has 0 aliphatic carbocycles. The average Bonchev–Trinajstić information content (AvgIpc) is 2.62. The van der Waals surface area contributed by atoms with E-state index in [0.717, 1.165) is 0 Å². The number of hydrazone groups is 1. The second-order valence-electron chi connectivity index (χ2n) is 4.91. The summed E-state index contributed by atoms with van der Waals surface area (Å²) in [5.74, 6) is -1.02. The summed E-state index contributed by atoms with van der Waals surface area (Å²) in [7, 11) is 0. The fraction of sp³-hybridized carbons (Fsp3) is 0.0667. The highest BCUT2D eigenvalue weighted by Crippen LogP contribution is 2.40. The lowest BCUT2D eigenvalue weighted by molar-refractivity contribution is -0.384. The number of hydrogen-bond acceptors (Lipinski definition) is 7. The molecule has 0 spiro atoms. The summed E-state index contributed by atoms with van der Waals surface area (Å²) in [6, 6.07) is 5.37. The Labute approximate surface area is 177 Å². The Morgan fingerprint density at radius 1 is 1.22 bits per heavy atom. The molecular formula is C15H10Br3N3O6. The van der Waals surface area contributed by atoms with Crippen LogP contribution < -0.4 is 10.2 Å². The first kappa shape index (κ1) is 21.1. The predicted octanol–water partition coefficient (Wildman–Crippen LogP) is 3.82. The molecule has 0 unspecified atom stereocenters. The molecular weight excluding hydrogens is 558 g/mol. The number of aromatic hydroxyl groups is 2. The summed E-state index contributed by atoms with van der Waals surface area (Å²) in [6.45, 7) is -0.376. The first-order valence-corrected chi connectivity index (χ1v) is 9.37. The normalized spacial score (nSPS) is 10.8. The smallest absolute Gasteiger partial charge is 0.277 e. The van der Waals surface area contributed by atoms with Crippen molar-refractivity contribution in [2.75, 3.05) is 6.61 Å². The number of carbonyl (C=O) groups is 1. The van der Waals surface area contributed by atoms with Crippen molar-refractivity contribution in [3.8, 4) is 17.2 Å². The molecule has 9 nitrogen and oxygen atoms in total. The quantitative estimate of drug-likeness (QED) is 0.210. The molecule has 0 radical (unpaired) electrons. The number of non-ortho nitro benzene ring substituents is 1. The third-order valence-corrected chi connectivity index (χ3v) is 5.13. The Morgan fingerprint density at radius 3 is 2.56 bits per heavy atom. The van der Waals surface area contributed by atoms with Crippen LogP contribution in [0.4, 0.5) is 5.69 Å². The monoisotopic (exact) mass is 565 g/mol. The summed E-state index contributed by atoms with van der Waals surface area (Å²) in [5.41, 5.74) is 2.52. The number of nitrogens with one attached hydrogen (secondary N) is 1. The van der Waals surface area contributed by atoms with Crippen molar-refractivity contribution in [1.82, 2.24) is 5.43 Å². The van der Waals surface area contributed by atoms with E-state index in [4.69, 9.17) is 4.74 Å². The van der Waals surface area contributed by atoms with Gasteiger partial charge in [-0.15, -0.1) is 0 Å². The number of carbonyl (C=O) groups excluding carboxylic acids is 1. The molecule has 2 rings (SSSR count). The number of nitro benzene ring substituents is 1. The lowest BCUT2D eigenvalue weighted by atomic mass is 10.2. The summed E-state index contributed by atoms with van der Waals surface area (Å²) in [4.78, 5) is 21.9. The zero-order valence-electron chi connectivity index (χ0n) is 13.1. The fourth-order valence-electron chi connectivity index (χ4n) is 1.79. The van der Waals surface area contributed by atoms with Crippen LogP contribution >= 0.6 is 47.8 Å². The Hall–Kier alpha value is -2.18. The van der Waals surface area contributed by atoms with E-state index in [1.165, 1.54) is 30.5 Å². The van der Waals surface area contributed by atoms with Crippen molar-refractivity contribution in [2.24, 2.45) is 5.10 Å². The van der Waals surface area contributed by atoms with Crippen molar-refractivity contribution in [1.29, 1.82) is 0 Å². The molecule has 0 saturated heterocycles. The molecule has 1 amide bonds. The third-order valence-electron chi connectivity index (χ3n) is 3.07. The standard InChI is InChI=1S/C15H10Br3N3O6/c16-9-4-8(21(25)26)1-2-11(9)27-6-12(22)20-19-5-7-3-10(17)14(23)15(24)13(7)18/h1-5,23-24H,6H2,(H,20,22). The largest absolute Gasteiger partial charge is 0.503 e. The molecule has 3 N–H and O–H groups in total. The van der Waals surface area contributed by atoms with Crippen LogP contribution in [0.15, 0.2) is 42.8 Å². The average molecular weight is 568 g/mol. The second kappa shape index (κ2) is 9.15. The molecule has 0 heterocycles. The van der Waals surface area contributed by atoms with Gasteiger partial charge in [-0.05, 0) is 59.9 Å². The minimum absolute atomic E-state index is 0.114. The molecule has 27 heavy (non-hydrogen) atoms.